The summed E-state index contributed by atoms with van der Waals surface area (Å²) in [5.74, 6) is 1.20. The van der Waals surface area contributed by atoms with Gasteiger partial charge in [0.1, 0.15) is 22.9 Å². The number of hydrogen-bond donors (Lipinski definition) is 1. The summed E-state index contributed by atoms with van der Waals surface area (Å²) in [7, 11) is 1.58. The lowest BCUT2D eigenvalue weighted by Crippen LogP contribution is -1.94. The number of anilines is 1. The topological polar surface area (TPSA) is 52.5 Å². The normalized spacial score (nSPS) is 10.9. The molecule has 4 nitrogen and oxygen atoms in total. The van der Waals surface area contributed by atoms with Crippen molar-refractivity contribution in [2.75, 3.05) is 12.8 Å². The third-order valence-electron chi connectivity index (χ3n) is 3.04. The third kappa shape index (κ3) is 2.13. The van der Waals surface area contributed by atoms with Crippen LogP contribution in [0, 0.1) is 0 Å². The summed E-state index contributed by atoms with van der Waals surface area (Å²) in [5, 5.41) is 0.530. The maximum absolute atomic E-state index is 6.17. The van der Waals surface area contributed by atoms with E-state index in [0.29, 0.717) is 22.3 Å². The number of aromatic nitrogens is 2. The van der Waals surface area contributed by atoms with Crippen LogP contribution in [0.2, 0.25) is 5.02 Å². The van der Waals surface area contributed by atoms with E-state index in [9.17, 15) is 0 Å². The Morgan fingerprint density at radius 3 is 2.80 bits per heavy atom. The molecule has 3 aromatic rings. The van der Waals surface area contributed by atoms with Gasteiger partial charge in [0.05, 0.1) is 12.1 Å². The second-order valence-electron chi connectivity index (χ2n) is 4.27. The molecule has 0 atom stereocenters. The van der Waals surface area contributed by atoms with Crippen molar-refractivity contribution < 1.29 is 4.74 Å². The molecule has 0 saturated carbocycles. The molecular formula is C14H11BrClN3O. The number of pyridine rings is 1. The molecule has 2 aromatic heterocycles. The molecule has 6 heteroatoms. The molecule has 102 valence electrons. The molecule has 0 aliphatic carbocycles. The Kier molecular flexibility index (Phi) is 3.31. The highest BCUT2D eigenvalue weighted by atomic mass is 79.9. The van der Waals surface area contributed by atoms with Crippen LogP contribution < -0.4 is 10.5 Å². The average molecular weight is 353 g/mol. The molecule has 1 aromatic carbocycles. The first-order chi connectivity index (χ1) is 9.60. The summed E-state index contributed by atoms with van der Waals surface area (Å²) in [6, 6.07) is 9.31. The van der Waals surface area contributed by atoms with Crippen molar-refractivity contribution in [1.82, 2.24) is 9.38 Å². The van der Waals surface area contributed by atoms with Crippen molar-refractivity contribution in [2.24, 2.45) is 0 Å². The zero-order chi connectivity index (χ0) is 14.3. The Labute approximate surface area is 129 Å². The number of fused-ring (bicyclic) bond motifs is 1. The van der Waals surface area contributed by atoms with Crippen molar-refractivity contribution in [3.8, 4) is 17.0 Å². The second kappa shape index (κ2) is 5.00. The molecule has 0 aliphatic heterocycles. The Hall–Kier alpha value is -1.72. The van der Waals surface area contributed by atoms with E-state index in [-0.39, 0.29) is 0 Å². The van der Waals surface area contributed by atoms with Gasteiger partial charge >= 0.3 is 0 Å². The van der Waals surface area contributed by atoms with Crippen LogP contribution in [0.5, 0.6) is 5.75 Å². The Morgan fingerprint density at radius 1 is 1.30 bits per heavy atom. The van der Waals surface area contributed by atoms with Crippen LogP contribution >= 0.6 is 27.5 Å². The first-order valence-electron chi connectivity index (χ1n) is 5.87. The van der Waals surface area contributed by atoms with Crippen molar-refractivity contribution in [3.63, 3.8) is 0 Å². The van der Waals surface area contributed by atoms with Gasteiger partial charge in [-0.15, -0.1) is 0 Å². The van der Waals surface area contributed by atoms with E-state index in [4.69, 9.17) is 22.1 Å². The van der Waals surface area contributed by atoms with Crippen molar-refractivity contribution in [3.05, 3.63) is 46.0 Å². The number of nitrogens with zero attached hydrogens (tertiary/aromatic N) is 2. The Bertz CT molecular complexity index is 800. The molecule has 0 unspecified atom stereocenters. The summed E-state index contributed by atoms with van der Waals surface area (Å²) in [5.41, 5.74) is 8.51. The van der Waals surface area contributed by atoms with Crippen molar-refractivity contribution in [1.29, 1.82) is 0 Å². The van der Waals surface area contributed by atoms with E-state index in [1.165, 1.54) is 0 Å². The van der Waals surface area contributed by atoms with Gasteiger partial charge < -0.3 is 10.5 Å². The van der Waals surface area contributed by atoms with Crippen molar-refractivity contribution >= 4 is 39.0 Å². The highest BCUT2D eigenvalue weighted by molar-refractivity contribution is 9.10. The monoisotopic (exact) mass is 351 g/mol. The highest BCUT2D eigenvalue weighted by Crippen LogP contribution is 2.33. The van der Waals surface area contributed by atoms with Gasteiger partial charge in [0, 0.05) is 16.2 Å². The summed E-state index contributed by atoms with van der Waals surface area (Å²) in [6.07, 6.45) is 1.88. The third-order valence-corrected chi connectivity index (χ3v) is 3.81. The maximum atomic E-state index is 6.17. The van der Waals surface area contributed by atoms with E-state index in [1.54, 1.807) is 19.2 Å². The molecule has 20 heavy (non-hydrogen) atoms. The van der Waals surface area contributed by atoms with Crippen LogP contribution in [0.3, 0.4) is 0 Å². The highest BCUT2D eigenvalue weighted by Gasteiger charge is 2.13. The number of ether oxygens (including phenoxy) is 1. The van der Waals surface area contributed by atoms with Gasteiger partial charge in [0.2, 0.25) is 0 Å². The smallest absolute Gasteiger partial charge is 0.139 e. The molecule has 0 amide bonds. The molecule has 0 spiro atoms. The summed E-state index contributed by atoms with van der Waals surface area (Å²) >= 11 is 9.57. The largest absolute Gasteiger partial charge is 0.495 e. The van der Waals surface area contributed by atoms with E-state index in [1.807, 2.05) is 28.8 Å². The van der Waals surface area contributed by atoms with Crippen LogP contribution in [-0.2, 0) is 0 Å². The fraction of sp³-hybridized carbons (Fsp3) is 0.0714. The number of hydrogen-bond acceptors (Lipinski definition) is 3. The minimum Gasteiger partial charge on any atom is -0.495 e. The van der Waals surface area contributed by atoms with Gasteiger partial charge in [-0.2, -0.15) is 0 Å². The summed E-state index contributed by atoms with van der Waals surface area (Å²) in [4.78, 5) is 4.54. The first kappa shape index (κ1) is 13.3. The van der Waals surface area contributed by atoms with E-state index < -0.39 is 0 Å². The number of halogens is 2. The predicted octanol–water partition coefficient (Wildman–Crippen LogP) is 4.01. The number of nitrogen functional groups attached to an aromatic ring is 1. The van der Waals surface area contributed by atoms with Crippen LogP contribution in [-0.4, -0.2) is 16.5 Å². The quantitative estimate of drug-likeness (QED) is 0.758. The summed E-state index contributed by atoms with van der Waals surface area (Å²) < 4.78 is 7.91. The SMILES string of the molecule is COc1ccc(-c2nc3ccc(Br)cn3c2N)cc1Cl. The molecule has 2 N–H and O–H groups in total. The molecule has 0 radical (unpaired) electrons. The molecule has 0 saturated heterocycles. The van der Waals surface area contributed by atoms with Crippen molar-refractivity contribution in [2.45, 2.75) is 0 Å². The van der Waals surface area contributed by atoms with E-state index in [0.717, 1.165) is 15.7 Å². The number of benzene rings is 1. The lowest BCUT2D eigenvalue weighted by atomic mass is 10.1. The van der Waals surface area contributed by atoms with Crippen LogP contribution in [0.15, 0.2) is 41.0 Å². The van der Waals surface area contributed by atoms with Gasteiger partial charge in [0.25, 0.3) is 0 Å². The molecule has 0 fully saturated rings. The Balaban J connectivity index is 2.19. The predicted molar refractivity (Wildman–Crippen MR) is 84.3 cm³/mol. The minimum absolute atomic E-state index is 0.530. The fourth-order valence-corrected chi connectivity index (χ4v) is 2.66. The molecule has 3 rings (SSSR count). The van der Waals surface area contributed by atoms with E-state index in [2.05, 4.69) is 20.9 Å². The standard InChI is InChI=1S/C14H11BrClN3O/c1-20-11-4-2-8(6-10(11)16)13-14(17)19-7-9(15)3-5-12(19)18-13/h2-7H,17H2,1H3. The van der Waals surface area contributed by atoms with E-state index >= 15 is 0 Å². The number of imidazole rings is 1. The molecule has 0 bridgehead atoms. The van der Waals surface area contributed by atoms with Crippen LogP contribution in [0.1, 0.15) is 0 Å². The maximum Gasteiger partial charge on any atom is 0.139 e. The van der Waals surface area contributed by atoms with Gasteiger partial charge in [-0.25, -0.2) is 4.98 Å². The lowest BCUT2D eigenvalue weighted by molar-refractivity contribution is 0.415. The van der Waals surface area contributed by atoms with Crippen LogP contribution in [0.25, 0.3) is 16.9 Å². The van der Waals surface area contributed by atoms with Gasteiger partial charge in [0.15, 0.2) is 0 Å². The zero-order valence-electron chi connectivity index (χ0n) is 10.6. The second-order valence-corrected chi connectivity index (χ2v) is 5.59. The van der Waals surface area contributed by atoms with Crippen LogP contribution in [0.4, 0.5) is 5.82 Å². The van der Waals surface area contributed by atoms with Gasteiger partial charge in [-0.1, -0.05) is 11.6 Å². The number of methoxy groups -OCH3 is 1. The number of nitrogens with two attached hydrogens (primary N) is 1. The average Bonchev–Trinajstić information content (AvgIpc) is 2.76. The lowest BCUT2D eigenvalue weighted by Gasteiger charge is -2.05. The minimum atomic E-state index is 0.530. The molecule has 2 heterocycles. The molecular weight excluding hydrogens is 342 g/mol. The van der Waals surface area contributed by atoms with Gasteiger partial charge in [-0.3, -0.25) is 4.40 Å². The Morgan fingerprint density at radius 2 is 2.10 bits per heavy atom. The molecule has 0 aliphatic rings. The zero-order valence-corrected chi connectivity index (χ0v) is 12.9. The number of rotatable bonds is 2. The van der Waals surface area contributed by atoms with Gasteiger partial charge in [-0.05, 0) is 46.3 Å². The fourth-order valence-electron chi connectivity index (χ4n) is 2.06. The summed E-state index contributed by atoms with van der Waals surface area (Å²) in [6.45, 7) is 0. The first-order valence-corrected chi connectivity index (χ1v) is 7.04.